The Kier molecular flexibility index (Phi) is 5.40. The second kappa shape index (κ2) is 8.37. The number of halogens is 1. The van der Waals surface area contributed by atoms with Crippen LogP contribution in [0.25, 0.3) is 16.5 Å². The Bertz CT molecular complexity index is 1180. The number of oxime groups is 1. The zero-order valence-electron chi connectivity index (χ0n) is 17.5. The lowest BCUT2D eigenvalue weighted by atomic mass is 9.94. The molecule has 32 heavy (non-hydrogen) atoms. The summed E-state index contributed by atoms with van der Waals surface area (Å²) in [5.74, 6) is 1.13. The summed E-state index contributed by atoms with van der Waals surface area (Å²) in [6.07, 6.45) is 5.62. The highest BCUT2D eigenvalue weighted by Gasteiger charge is 2.49. The molecule has 5 rings (SSSR count). The Hall–Kier alpha value is -3.23. The quantitative estimate of drug-likeness (QED) is 0.613. The van der Waals surface area contributed by atoms with E-state index >= 15 is 0 Å². The van der Waals surface area contributed by atoms with Gasteiger partial charge in [-0.1, -0.05) is 11.2 Å². The molecule has 1 unspecified atom stereocenters. The third-order valence-corrected chi connectivity index (χ3v) is 6.67. The lowest BCUT2D eigenvalue weighted by molar-refractivity contribution is -0.137. The Morgan fingerprint density at radius 1 is 1.28 bits per heavy atom. The van der Waals surface area contributed by atoms with Crippen LogP contribution < -0.4 is 4.74 Å². The summed E-state index contributed by atoms with van der Waals surface area (Å²) in [5.41, 5.74) is 4.32. The van der Waals surface area contributed by atoms with Gasteiger partial charge in [-0.3, -0.25) is 4.98 Å². The summed E-state index contributed by atoms with van der Waals surface area (Å²) < 4.78 is 19.1. The van der Waals surface area contributed by atoms with Crippen molar-refractivity contribution in [1.29, 1.82) is 0 Å². The normalized spacial score (nSPS) is 21.3. The van der Waals surface area contributed by atoms with Crippen LogP contribution >= 0.6 is 11.3 Å². The monoisotopic (exact) mass is 451 g/mol. The van der Waals surface area contributed by atoms with Crippen molar-refractivity contribution in [3.05, 3.63) is 76.7 Å². The molecule has 1 N–H and O–H groups in total. The predicted octanol–water partition coefficient (Wildman–Crippen LogP) is 4.63. The number of rotatable bonds is 5. The van der Waals surface area contributed by atoms with Crippen LogP contribution in [0.4, 0.5) is 4.39 Å². The highest BCUT2D eigenvalue weighted by atomic mass is 32.1. The molecule has 2 aliphatic heterocycles. The number of methoxy groups -OCH3 is 1. The average Bonchev–Trinajstić information content (AvgIpc) is 3.49. The van der Waals surface area contributed by atoms with Crippen molar-refractivity contribution in [1.82, 2.24) is 9.88 Å². The van der Waals surface area contributed by atoms with Crippen molar-refractivity contribution in [3.63, 3.8) is 0 Å². The molecular formula is C24H22FN3O3S. The van der Waals surface area contributed by atoms with Crippen LogP contribution in [-0.2, 0) is 10.6 Å². The van der Waals surface area contributed by atoms with Gasteiger partial charge in [-0.2, -0.15) is 0 Å². The van der Waals surface area contributed by atoms with E-state index < -0.39 is 5.72 Å². The minimum Gasteiger partial charge on any atom is -0.496 e. The third-order valence-electron chi connectivity index (χ3n) is 5.86. The summed E-state index contributed by atoms with van der Waals surface area (Å²) in [7, 11) is 1.66. The van der Waals surface area contributed by atoms with Gasteiger partial charge in [0.2, 0.25) is 0 Å². The Labute approximate surface area is 189 Å². The van der Waals surface area contributed by atoms with Crippen molar-refractivity contribution >= 4 is 23.2 Å². The molecule has 1 aromatic heterocycles. The maximum atomic E-state index is 13.5. The number of benzene rings is 2. The van der Waals surface area contributed by atoms with E-state index in [1.54, 1.807) is 36.1 Å². The molecule has 8 heteroatoms. The number of aromatic nitrogens is 1. The van der Waals surface area contributed by atoms with Crippen molar-refractivity contribution < 1.29 is 19.1 Å². The van der Waals surface area contributed by atoms with Crippen molar-refractivity contribution in [2.45, 2.75) is 18.6 Å². The first-order chi connectivity index (χ1) is 15.6. The number of amidine groups is 1. The number of piperidine rings is 1. The van der Waals surface area contributed by atoms with E-state index in [2.05, 4.69) is 16.2 Å². The molecule has 0 amide bonds. The number of hydrogen-bond acceptors (Lipinski definition) is 7. The first kappa shape index (κ1) is 20.7. The van der Waals surface area contributed by atoms with Crippen molar-refractivity contribution in [2.24, 2.45) is 5.16 Å². The zero-order chi connectivity index (χ0) is 22.1. The average molecular weight is 452 g/mol. The largest absolute Gasteiger partial charge is 0.496 e. The van der Waals surface area contributed by atoms with Crippen molar-refractivity contribution in [2.75, 3.05) is 20.3 Å². The Morgan fingerprint density at radius 3 is 2.84 bits per heavy atom. The van der Waals surface area contributed by atoms with E-state index in [-0.39, 0.29) is 12.4 Å². The highest BCUT2D eigenvalue weighted by molar-refractivity contribution is 7.13. The van der Waals surface area contributed by atoms with Crippen LogP contribution in [0.2, 0.25) is 0 Å². The van der Waals surface area contributed by atoms with Gasteiger partial charge in [0, 0.05) is 23.9 Å². The van der Waals surface area contributed by atoms with Gasteiger partial charge in [-0.15, -0.1) is 11.3 Å². The van der Waals surface area contributed by atoms with Gasteiger partial charge in [0.25, 0.3) is 5.72 Å². The van der Waals surface area contributed by atoms with E-state index in [0.29, 0.717) is 17.9 Å². The van der Waals surface area contributed by atoms with Crippen LogP contribution in [0.3, 0.4) is 0 Å². The van der Waals surface area contributed by atoms with E-state index in [0.717, 1.165) is 40.2 Å². The summed E-state index contributed by atoms with van der Waals surface area (Å²) in [6, 6.07) is 12.1. The first-order valence-corrected chi connectivity index (χ1v) is 11.2. The van der Waals surface area contributed by atoms with Crippen LogP contribution in [0.15, 0.2) is 64.9 Å². The molecule has 0 radical (unpaired) electrons. The molecule has 0 saturated carbocycles. The maximum absolute atomic E-state index is 13.5. The fourth-order valence-corrected chi connectivity index (χ4v) is 4.91. The summed E-state index contributed by atoms with van der Waals surface area (Å²) in [6.45, 7) is 0.387. The van der Waals surface area contributed by atoms with Crippen LogP contribution in [0, 0.1) is 5.82 Å². The summed E-state index contributed by atoms with van der Waals surface area (Å²) in [4.78, 5) is 13.0. The smallest absolute Gasteiger partial charge is 0.260 e. The number of nitrogens with zero attached hydrogens (tertiary/aromatic N) is 3. The van der Waals surface area contributed by atoms with Gasteiger partial charge in [-0.05, 0) is 66.5 Å². The van der Waals surface area contributed by atoms with Crippen LogP contribution in [0.1, 0.15) is 24.0 Å². The molecule has 1 saturated heterocycles. The second-order valence-corrected chi connectivity index (χ2v) is 8.59. The third kappa shape index (κ3) is 3.45. The summed E-state index contributed by atoms with van der Waals surface area (Å²) >= 11 is 1.56. The topological polar surface area (TPSA) is 67.2 Å². The van der Waals surface area contributed by atoms with Crippen LogP contribution in [-0.4, -0.2) is 41.1 Å². The molecule has 0 spiro atoms. The lowest BCUT2D eigenvalue weighted by Gasteiger charge is -2.38. The zero-order valence-corrected chi connectivity index (χ0v) is 18.3. The molecule has 6 nitrogen and oxygen atoms in total. The van der Waals surface area contributed by atoms with Gasteiger partial charge in [0.1, 0.15) is 18.2 Å². The van der Waals surface area contributed by atoms with Gasteiger partial charge < -0.3 is 19.6 Å². The SMILES string of the molecule is COc1cc(C=C2CCCN3C2=NOC3(CO)c2ccc(F)cc2)ccc1-c1cncs1. The molecule has 1 fully saturated rings. The summed E-state index contributed by atoms with van der Waals surface area (Å²) in [5, 5.41) is 14.6. The predicted molar refractivity (Wildman–Crippen MR) is 122 cm³/mol. The van der Waals surface area contributed by atoms with Gasteiger partial charge in [0.15, 0.2) is 5.84 Å². The molecule has 3 heterocycles. The number of ether oxygens (including phenoxy) is 1. The number of thiazole rings is 1. The molecule has 2 aromatic carbocycles. The fourth-order valence-electron chi connectivity index (χ4n) is 4.26. The van der Waals surface area contributed by atoms with E-state index in [1.165, 1.54) is 12.1 Å². The van der Waals surface area contributed by atoms with E-state index in [9.17, 15) is 9.50 Å². The number of aliphatic hydroxyl groups excluding tert-OH is 1. The molecule has 1 atom stereocenters. The molecule has 0 bridgehead atoms. The first-order valence-electron chi connectivity index (χ1n) is 10.3. The minimum atomic E-state index is -1.14. The lowest BCUT2D eigenvalue weighted by Crippen LogP contribution is -2.51. The second-order valence-electron chi connectivity index (χ2n) is 7.71. The van der Waals surface area contributed by atoms with Crippen LogP contribution in [0.5, 0.6) is 5.75 Å². The molecule has 3 aromatic rings. The molecule has 2 aliphatic rings. The fraction of sp³-hybridized carbons (Fsp3) is 0.250. The standard InChI is InChI=1S/C24H22FN3O3S/c1-30-21-12-16(4-9-20(21)22-13-26-15-32-22)11-17-3-2-10-28-23(17)27-31-24(28,14-29)18-5-7-19(25)8-6-18/h4-9,11-13,15,29H,2-3,10,14H2,1H3. The van der Waals surface area contributed by atoms with E-state index in [4.69, 9.17) is 9.57 Å². The Morgan fingerprint density at radius 2 is 2.12 bits per heavy atom. The molecular weight excluding hydrogens is 429 g/mol. The number of fused-ring (bicyclic) bond motifs is 1. The van der Waals surface area contributed by atoms with Gasteiger partial charge in [0.05, 0.1) is 17.5 Å². The maximum Gasteiger partial charge on any atom is 0.260 e. The number of aliphatic hydroxyl groups is 1. The minimum absolute atomic E-state index is 0.295. The Balaban J connectivity index is 1.47. The number of hydrogen-bond donors (Lipinski definition) is 1. The van der Waals surface area contributed by atoms with E-state index in [1.807, 2.05) is 29.3 Å². The van der Waals surface area contributed by atoms with Crippen molar-refractivity contribution in [3.8, 4) is 16.2 Å². The molecule has 164 valence electrons. The van der Waals surface area contributed by atoms with Gasteiger partial charge in [-0.25, -0.2) is 4.39 Å². The highest BCUT2D eigenvalue weighted by Crippen LogP contribution is 2.40. The van der Waals surface area contributed by atoms with Gasteiger partial charge >= 0.3 is 0 Å². The molecule has 0 aliphatic carbocycles.